The van der Waals surface area contributed by atoms with Crippen molar-refractivity contribution < 1.29 is 0 Å². The molecule has 9 aromatic carbocycles. The maximum absolute atomic E-state index is 4.83. The van der Waals surface area contributed by atoms with Crippen molar-refractivity contribution in [2.24, 2.45) is 0 Å². The summed E-state index contributed by atoms with van der Waals surface area (Å²) in [6, 6.07) is 63.0. The SMILES string of the molecule is Cc1cccc2c(-c3ccc4c(c3)C(C)(C)c3cc(-c5c6ccccc6c(-c6ccccn6)c6ccccc56)ccc3-4)c3cccc(C)c3c(-c3ccccc3)c12. The van der Waals surface area contributed by atoms with E-state index in [1.54, 1.807) is 0 Å². The Labute approximate surface area is 333 Å². The molecule has 1 heteroatoms. The van der Waals surface area contributed by atoms with Gasteiger partial charge in [0.2, 0.25) is 0 Å². The molecule has 0 radical (unpaired) electrons. The molecule has 0 amide bonds. The molecule has 0 bridgehead atoms. The molecule has 1 aliphatic rings. The number of aryl methyl sites for hydroxylation is 2. The molecule has 270 valence electrons. The van der Waals surface area contributed by atoms with Gasteiger partial charge in [-0.1, -0.05) is 159 Å². The molecule has 0 fully saturated rings. The number of fused-ring (bicyclic) bond motifs is 7. The van der Waals surface area contributed by atoms with Gasteiger partial charge in [-0.2, -0.15) is 0 Å². The fourth-order valence-electron chi connectivity index (χ4n) is 10.2. The maximum atomic E-state index is 4.83. The van der Waals surface area contributed by atoms with E-state index in [9.17, 15) is 0 Å². The van der Waals surface area contributed by atoms with Crippen LogP contribution in [0.2, 0.25) is 0 Å². The van der Waals surface area contributed by atoms with Gasteiger partial charge in [0.05, 0.1) is 5.69 Å². The summed E-state index contributed by atoms with van der Waals surface area (Å²) in [5.74, 6) is 0. The summed E-state index contributed by atoms with van der Waals surface area (Å²) in [4.78, 5) is 4.83. The molecule has 0 saturated heterocycles. The van der Waals surface area contributed by atoms with Crippen LogP contribution in [0.4, 0.5) is 0 Å². The number of benzene rings is 9. The third-order valence-corrected chi connectivity index (χ3v) is 12.8. The normalized spacial score (nSPS) is 13.1. The summed E-state index contributed by atoms with van der Waals surface area (Å²) in [6.07, 6.45) is 1.89. The van der Waals surface area contributed by atoms with E-state index in [0.717, 1.165) is 5.69 Å². The van der Waals surface area contributed by atoms with Crippen molar-refractivity contribution in [3.63, 3.8) is 0 Å². The lowest BCUT2D eigenvalue weighted by atomic mass is 9.79. The van der Waals surface area contributed by atoms with E-state index in [0.29, 0.717) is 0 Å². The highest BCUT2D eigenvalue weighted by atomic mass is 14.7. The Hall–Kier alpha value is -6.83. The van der Waals surface area contributed by atoms with Gasteiger partial charge in [-0.05, 0) is 148 Å². The van der Waals surface area contributed by atoms with Crippen LogP contribution in [-0.4, -0.2) is 4.98 Å². The van der Waals surface area contributed by atoms with E-state index >= 15 is 0 Å². The Morgan fingerprint density at radius 2 is 0.825 bits per heavy atom. The second-order valence-electron chi connectivity index (χ2n) is 16.3. The quantitative estimate of drug-likeness (QED) is 0.165. The molecule has 0 N–H and O–H groups in total. The summed E-state index contributed by atoms with van der Waals surface area (Å²) in [5.41, 5.74) is 17.7. The Balaban J connectivity index is 1.12. The van der Waals surface area contributed by atoms with Gasteiger partial charge in [0.15, 0.2) is 0 Å². The first-order valence-corrected chi connectivity index (χ1v) is 20.0. The number of hydrogen-bond donors (Lipinski definition) is 0. The summed E-state index contributed by atoms with van der Waals surface area (Å²) < 4.78 is 0. The van der Waals surface area contributed by atoms with Crippen molar-refractivity contribution >= 4 is 43.1 Å². The third kappa shape index (κ3) is 4.92. The van der Waals surface area contributed by atoms with Gasteiger partial charge >= 0.3 is 0 Å². The van der Waals surface area contributed by atoms with Crippen molar-refractivity contribution in [3.8, 4) is 55.8 Å². The first-order valence-electron chi connectivity index (χ1n) is 20.0. The van der Waals surface area contributed by atoms with Crippen molar-refractivity contribution in [2.45, 2.75) is 33.1 Å². The zero-order valence-corrected chi connectivity index (χ0v) is 32.7. The minimum atomic E-state index is -0.211. The highest BCUT2D eigenvalue weighted by Gasteiger charge is 2.36. The monoisotopic (exact) mass is 727 g/mol. The van der Waals surface area contributed by atoms with E-state index in [4.69, 9.17) is 4.98 Å². The predicted octanol–water partition coefficient (Wildman–Crippen LogP) is 15.3. The summed E-state index contributed by atoms with van der Waals surface area (Å²) in [5, 5.41) is 10.2. The fraction of sp³-hybridized carbons (Fsp3) is 0.0893. The third-order valence-electron chi connectivity index (χ3n) is 12.8. The highest BCUT2D eigenvalue weighted by Crippen LogP contribution is 2.53. The van der Waals surface area contributed by atoms with Crippen LogP contribution in [0.3, 0.4) is 0 Å². The minimum absolute atomic E-state index is 0.211. The van der Waals surface area contributed by atoms with Crippen LogP contribution < -0.4 is 0 Å². The van der Waals surface area contributed by atoms with E-state index in [-0.39, 0.29) is 5.41 Å². The Morgan fingerprint density at radius 1 is 0.368 bits per heavy atom. The van der Waals surface area contributed by atoms with Crippen molar-refractivity contribution in [2.75, 3.05) is 0 Å². The topological polar surface area (TPSA) is 12.9 Å². The average molecular weight is 728 g/mol. The van der Waals surface area contributed by atoms with Crippen LogP contribution in [-0.2, 0) is 5.41 Å². The lowest BCUT2D eigenvalue weighted by Crippen LogP contribution is -2.15. The molecule has 10 aromatic rings. The van der Waals surface area contributed by atoms with Gasteiger partial charge < -0.3 is 0 Å². The van der Waals surface area contributed by atoms with Crippen LogP contribution in [0.1, 0.15) is 36.1 Å². The Morgan fingerprint density at radius 3 is 1.33 bits per heavy atom. The lowest BCUT2D eigenvalue weighted by Gasteiger charge is -2.24. The first kappa shape index (κ1) is 33.5. The zero-order valence-electron chi connectivity index (χ0n) is 32.7. The van der Waals surface area contributed by atoms with Crippen molar-refractivity contribution in [1.29, 1.82) is 0 Å². The van der Waals surface area contributed by atoms with Gasteiger partial charge in [0.25, 0.3) is 0 Å². The van der Waals surface area contributed by atoms with E-state index in [2.05, 4.69) is 191 Å². The molecule has 1 nitrogen and oxygen atoms in total. The number of aromatic nitrogens is 1. The first-order chi connectivity index (χ1) is 27.9. The van der Waals surface area contributed by atoms with Gasteiger partial charge in [-0.25, -0.2) is 0 Å². The van der Waals surface area contributed by atoms with E-state index < -0.39 is 0 Å². The molecule has 0 unspecified atom stereocenters. The summed E-state index contributed by atoms with van der Waals surface area (Å²) >= 11 is 0. The molecule has 1 heterocycles. The van der Waals surface area contributed by atoms with E-state index in [1.807, 2.05) is 12.3 Å². The zero-order chi connectivity index (χ0) is 38.4. The largest absolute Gasteiger partial charge is 0.256 e. The van der Waals surface area contributed by atoms with Crippen molar-refractivity contribution in [3.05, 3.63) is 198 Å². The van der Waals surface area contributed by atoms with Crippen LogP contribution in [0.15, 0.2) is 176 Å². The summed E-state index contributed by atoms with van der Waals surface area (Å²) in [7, 11) is 0. The Kier molecular flexibility index (Phi) is 7.40. The number of hydrogen-bond acceptors (Lipinski definition) is 1. The molecule has 0 atom stereocenters. The number of rotatable bonds is 4. The van der Waals surface area contributed by atoms with Crippen LogP contribution in [0.5, 0.6) is 0 Å². The van der Waals surface area contributed by atoms with Gasteiger partial charge in [-0.3, -0.25) is 4.98 Å². The number of pyridine rings is 1. The standard InChI is InChI=1S/C56H41N/c1-34-16-14-24-45-50(34)54(36-18-6-5-7-19-36)51-35(2)17-15-25-46(51)53(45)38-28-30-40-39-29-27-37(32-47(39)56(3,4)48(40)33-38)52-41-20-8-10-22-43(41)55(49-26-12-13-31-57-49)44-23-11-9-21-42(44)52/h5-33H,1-4H3. The highest BCUT2D eigenvalue weighted by molar-refractivity contribution is 6.24. The predicted molar refractivity (Wildman–Crippen MR) is 243 cm³/mol. The van der Waals surface area contributed by atoms with E-state index in [1.165, 1.54) is 115 Å². The molecular formula is C56H41N. The summed E-state index contributed by atoms with van der Waals surface area (Å²) in [6.45, 7) is 9.35. The van der Waals surface area contributed by atoms with Crippen LogP contribution in [0.25, 0.3) is 98.9 Å². The molecule has 1 aromatic heterocycles. The lowest BCUT2D eigenvalue weighted by molar-refractivity contribution is 0.661. The molecule has 0 saturated carbocycles. The molecule has 1 aliphatic carbocycles. The van der Waals surface area contributed by atoms with Crippen LogP contribution in [0, 0.1) is 13.8 Å². The smallest absolute Gasteiger partial charge is 0.0714 e. The average Bonchev–Trinajstić information content (AvgIpc) is 3.47. The molecule has 57 heavy (non-hydrogen) atoms. The molecule has 0 spiro atoms. The molecular weight excluding hydrogens is 687 g/mol. The molecule has 0 aliphatic heterocycles. The van der Waals surface area contributed by atoms with Crippen LogP contribution >= 0.6 is 0 Å². The second-order valence-corrected chi connectivity index (χ2v) is 16.3. The maximum Gasteiger partial charge on any atom is 0.0714 e. The molecule has 11 rings (SSSR count). The fourth-order valence-corrected chi connectivity index (χ4v) is 10.2. The van der Waals surface area contributed by atoms with Crippen molar-refractivity contribution in [1.82, 2.24) is 4.98 Å². The van der Waals surface area contributed by atoms with Gasteiger partial charge in [-0.15, -0.1) is 0 Å². The second kappa shape index (κ2) is 12.6. The minimum Gasteiger partial charge on any atom is -0.256 e. The Bertz CT molecular complexity index is 3140. The number of nitrogens with zero attached hydrogens (tertiary/aromatic N) is 1. The van der Waals surface area contributed by atoms with Gasteiger partial charge in [0.1, 0.15) is 0 Å². The van der Waals surface area contributed by atoms with Gasteiger partial charge in [0, 0.05) is 17.2 Å².